The van der Waals surface area contributed by atoms with E-state index in [-0.39, 0.29) is 5.12 Å². The lowest BCUT2D eigenvalue weighted by atomic mass is 10.1. The van der Waals surface area contributed by atoms with Crippen LogP contribution in [0.15, 0.2) is 23.1 Å². The van der Waals surface area contributed by atoms with Gasteiger partial charge in [0.1, 0.15) is 6.10 Å². The number of hydrogen-bond acceptors (Lipinski definition) is 3. The second kappa shape index (κ2) is 2.61. The normalized spacial score (nSPS) is 21.2. The molecule has 1 heterocycles. The summed E-state index contributed by atoms with van der Waals surface area (Å²) in [6.45, 7) is 1.97. The average molecular weight is 180 g/mol. The smallest absolute Gasteiger partial charge is 0.226 e. The quantitative estimate of drug-likeness (QED) is 0.659. The molecule has 0 fully saturated rings. The van der Waals surface area contributed by atoms with Gasteiger partial charge in [0.15, 0.2) is 0 Å². The number of aliphatic hydroxyl groups excluding tert-OH is 1. The zero-order valence-corrected chi connectivity index (χ0v) is 7.39. The molecule has 0 aliphatic carbocycles. The van der Waals surface area contributed by atoms with Gasteiger partial charge < -0.3 is 5.11 Å². The Bertz CT molecular complexity index is 346. The molecule has 12 heavy (non-hydrogen) atoms. The Morgan fingerprint density at radius 1 is 1.50 bits per heavy atom. The van der Waals surface area contributed by atoms with Crippen molar-refractivity contribution in [3.8, 4) is 0 Å². The second-order valence-electron chi connectivity index (χ2n) is 2.86. The summed E-state index contributed by atoms with van der Waals surface area (Å²) < 4.78 is 0. The molecule has 0 spiro atoms. The first-order chi connectivity index (χ1) is 5.68. The van der Waals surface area contributed by atoms with Gasteiger partial charge in [-0.05, 0) is 30.3 Å². The van der Waals surface area contributed by atoms with Gasteiger partial charge in [0.25, 0.3) is 0 Å². The van der Waals surface area contributed by atoms with Crippen LogP contribution < -0.4 is 0 Å². The Balaban J connectivity index is 2.54. The van der Waals surface area contributed by atoms with Crippen LogP contribution in [-0.2, 0) is 4.79 Å². The maximum absolute atomic E-state index is 11.1. The van der Waals surface area contributed by atoms with E-state index in [9.17, 15) is 9.90 Å². The molecular weight excluding hydrogens is 172 g/mol. The summed E-state index contributed by atoms with van der Waals surface area (Å²) in [6, 6.07) is 5.64. The predicted molar refractivity (Wildman–Crippen MR) is 47.0 cm³/mol. The Morgan fingerprint density at radius 2 is 2.25 bits per heavy atom. The van der Waals surface area contributed by atoms with Crippen molar-refractivity contribution in [3.63, 3.8) is 0 Å². The molecule has 1 aromatic rings. The molecule has 0 radical (unpaired) electrons. The lowest BCUT2D eigenvalue weighted by Gasteiger charge is -2.00. The van der Waals surface area contributed by atoms with E-state index in [2.05, 4.69) is 0 Å². The SMILES string of the molecule is Cc1ccc2c(c1)SC(=O)C2O. The Hall–Kier alpha value is -0.800. The van der Waals surface area contributed by atoms with Crippen molar-refractivity contribution in [2.75, 3.05) is 0 Å². The minimum Gasteiger partial charge on any atom is -0.380 e. The Labute approximate surface area is 74.6 Å². The topological polar surface area (TPSA) is 37.3 Å². The number of hydrogen-bond donors (Lipinski definition) is 1. The first-order valence-electron chi connectivity index (χ1n) is 3.69. The summed E-state index contributed by atoms with van der Waals surface area (Å²) >= 11 is 1.12. The van der Waals surface area contributed by atoms with Gasteiger partial charge in [-0.2, -0.15) is 0 Å². The fourth-order valence-corrected chi connectivity index (χ4v) is 2.24. The predicted octanol–water partition coefficient (Wildman–Crippen LogP) is 1.66. The van der Waals surface area contributed by atoms with Crippen LogP contribution >= 0.6 is 11.8 Å². The molecule has 0 bridgehead atoms. The summed E-state index contributed by atoms with van der Waals surface area (Å²) in [5.41, 5.74) is 1.86. The molecule has 0 amide bonds. The van der Waals surface area contributed by atoms with Crippen LogP contribution in [0.25, 0.3) is 0 Å². The number of rotatable bonds is 0. The number of aryl methyl sites for hydroxylation is 1. The van der Waals surface area contributed by atoms with E-state index in [1.807, 2.05) is 25.1 Å². The molecule has 1 N–H and O–H groups in total. The first kappa shape index (κ1) is 7.83. The third-order valence-electron chi connectivity index (χ3n) is 1.90. The standard InChI is InChI=1S/C9H8O2S/c1-5-2-3-6-7(4-5)12-9(11)8(6)10/h2-4,8,10H,1H3. The molecule has 1 aliphatic heterocycles. The zero-order valence-electron chi connectivity index (χ0n) is 6.57. The van der Waals surface area contributed by atoms with Gasteiger partial charge >= 0.3 is 0 Å². The fourth-order valence-electron chi connectivity index (χ4n) is 1.25. The van der Waals surface area contributed by atoms with Crippen molar-refractivity contribution in [1.82, 2.24) is 0 Å². The van der Waals surface area contributed by atoms with Crippen molar-refractivity contribution in [2.24, 2.45) is 0 Å². The molecule has 0 saturated heterocycles. The fraction of sp³-hybridized carbons (Fsp3) is 0.222. The van der Waals surface area contributed by atoms with Crippen LogP contribution in [0, 0.1) is 6.92 Å². The molecule has 0 aromatic heterocycles. The molecule has 2 rings (SSSR count). The van der Waals surface area contributed by atoms with Crippen LogP contribution in [0.5, 0.6) is 0 Å². The van der Waals surface area contributed by atoms with Crippen molar-refractivity contribution >= 4 is 16.9 Å². The molecule has 1 aliphatic rings. The maximum atomic E-state index is 11.1. The van der Waals surface area contributed by atoms with Crippen molar-refractivity contribution in [3.05, 3.63) is 29.3 Å². The Kier molecular flexibility index (Phi) is 1.70. The summed E-state index contributed by atoms with van der Waals surface area (Å²) in [5.74, 6) is 0. The highest BCUT2D eigenvalue weighted by molar-refractivity contribution is 8.14. The van der Waals surface area contributed by atoms with E-state index in [1.54, 1.807) is 0 Å². The van der Waals surface area contributed by atoms with E-state index in [4.69, 9.17) is 0 Å². The molecule has 62 valence electrons. The summed E-state index contributed by atoms with van der Waals surface area (Å²) in [5, 5.41) is 9.20. The second-order valence-corrected chi connectivity index (χ2v) is 3.91. The number of benzene rings is 1. The van der Waals surface area contributed by atoms with Crippen LogP contribution in [0.2, 0.25) is 0 Å². The van der Waals surface area contributed by atoms with Crippen molar-refractivity contribution in [2.45, 2.75) is 17.9 Å². The molecule has 1 aromatic carbocycles. The zero-order chi connectivity index (χ0) is 8.72. The van der Waals surface area contributed by atoms with E-state index >= 15 is 0 Å². The summed E-state index contributed by atoms with van der Waals surface area (Å²) in [7, 11) is 0. The van der Waals surface area contributed by atoms with Gasteiger partial charge in [-0.15, -0.1) is 0 Å². The van der Waals surface area contributed by atoms with Gasteiger partial charge in [0, 0.05) is 10.5 Å². The van der Waals surface area contributed by atoms with Gasteiger partial charge in [0.05, 0.1) is 0 Å². The third kappa shape index (κ3) is 1.06. The third-order valence-corrected chi connectivity index (χ3v) is 2.90. The van der Waals surface area contributed by atoms with Crippen LogP contribution in [0.1, 0.15) is 17.2 Å². The van der Waals surface area contributed by atoms with E-state index in [0.29, 0.717) is 0 Å². The van der Waals surface area contributed by atoms with E-state index in [0.717, 1.165) is 27.8 Å². The lowest BCUT2D eigenvalue weighted by molar-refractivity contribution is -0.118. The van der Waals surface area contributed by atoms with Gasteiger partial charge in [-0.3, -0.25) is 4.79 Å². The maximum Gasteiger partial charge on any atom is 0.226 e. The molecular formula is C9H8O2S. The highest BCUT2D eigenvalue weighted by atomic mass is 32.2. The largest absolute Gasteiger partial charge is 0.380 e. The minimum atomic E-state index is -0.911. The highest BCUT2D eigenvalue weighted by Crippen LogP contribution is 2.39. The van der Waals surface area contributed by atoms with Crippen molar-refractivity contribution < 1.29 is 9.90 Å². The Morgan fingerprint density at radius 3 is 3.00 bits per heavy atom. The van der Waals surface area contributed by atoms with E-state index < -0.39 is 6.10 Å². The van der Waals surface area contributed by atoms with Gasteiger partial charge in [-0.25, -0.2) is 0 Å². The number of carbonyl (C=O) groups is 1. The van der Waals surface area contributed by atoms with Gasteiger partial charge in [-0.1, -0.05) is 12.1 Å². The van der Waals surface area contributed by atoms with Gasteiger partial charge in [0.2, 0.25) is 5.12 Å². The minimum absolute atomic E-state index is 0.171. The lowest BCUT2D eigenvalue weighted by Crippen LogP contribution is -1.99. The summed E-state index contributed by atoms with van der Waals surface area (Å²) in [6.07, 6.45) is -0.911. The number of fused-ring (bicyclic) bond motifs is 1. The molecule has 3 heteroatoms. The van der Waals surface area contributed by atoms with Crippen molar-refractivity contribution in [1.29, 1.82) is 0 Å². The van der Waals surface area contributed by atoms with E-state index in [1.165, 1.54) is 0 Å². The number of aliphatic hydroxyl groups is 1. The summed E-state index contributed by atoms with van der Waals surface area (Å²) in [4.78, 5) is 12.0. The monoisotopic (exact) mass is 180 g/mol. The number of thioether (sulfide) groups is 1. The van der Waals surface area contributed by atoms with Crippen LogP contribution in [0.3, 0.4) is 0 Å². The first-order valence-corrected chi connectivity index (χ1v) is 4.50. The average Bonchev–Trinajstić information content (AvgIpc) is 2.28. The molecule has 1 atom stereocenters. The molecule has 2 nitrogen and oxygen atoms in total. The van der Waals surface area contributed by atoms with Crippen LogP contribution in [-0.4, -0.2) is 10.2 Å². The molecule has 0 saturated carbocycles. The molecule has 1 unspecified atom stereocenters. The van der Waals surface area contributed by atoms with Crippen LogP contribution in [0.4, 0.5) is 0 Å². The number of carbonyl (C=O) groups excluding carboxylic acids is 1. The highest BCUT2D eigenvalue weighted by Gasteiger charge is 2.29.